The molecule has 0 fully saturated rings. The summed E-state index contributed by atoms with van der Waals surface area (Å²) < 4.78 is 27.3. The maximum absolute atomic E-state index is 12.4. The van der Waals surface area contributed by atoms with E-state index in [1.165, 1.54) is 18.2 Å². The van der Waals surface area contributed by atoms with Gasteiger partial charge in [-0.25, -0.2) is 13.1 Å². The number of nitrogen functional groups attached to an aromatic ring is 1. The molecule has 0 unspecified atom stereocenters. The molecule has 0 saturated heterocycles. The number of benzene rings is 2. The third-order valence-electron chi connectivity index (χ3n) is 3.06. The molecule has 0 aliphatic heterocycles. The van der Waals surface area contributed by atoms with Crippen LogP contribution in [0, 0.1) is 11.3 Å². The predicted molar refractivity (Wildman–Crippen MR) is 80.7 cm³/mol. The summed E-state index contributed by atoms with van der Waals surface area (Å²) >= 11 is 0. The third-order valence-corrected chi connectivity index (χ3v) is 4.67. The van der Waals surface area contributed by atoms with Gasteiger partial charge in [-0.15, -0.1) is 0 Å². The molecule has 5 nitrogen and oxygen atoms in total. The minimum absolute atomic E-state index is 0.0238. The Bertz CT molecular complexity index is 780. The second-order valence-corrected chi connectivity index (χ2v) is 6.30. The highest BCUT2D eigenvalue weighted by atomic mass is 32.2. The lowest BCUT2D eigenvalue weighted by Crippen LogP contribution is -2.27. The van der Waals surface area contributed by atoms with Gasteiger partial charge in [-0.2, -0.15) is 5.26 Å². The highest BCUT2D eigenvalue weighted by molar-refractivity contribution is 7.89. The van der Waals surface area contributed by atoms with Gasteiger partial charge in [0.2, 0.25) is 10.0 Å². The van der Waals surface area contributed by atoms with Crippen LogP contribution in [0.3, 0.4) is 0 Å². The lowest BCUT2D eigenvalue weighted by atomic mass is 10.1. The van der Waals surface area contributed by atoms with E-state index in [1.54, 1.807) is 6.92 Å². The van der Waals surface area contributed by atoms with Crippen molar-refractivity contribution in [3.05, 3.63) is 59.7 Å². The molecule has 21 heavy (non-hydrogen) atoms. The van der Waals surface area contributed by atoms with E-state index < -0.39 is 10.0 Å². The van der Waals surface area contributed by atoms with Gasteiger partial charge in [0.25, 0.3) is 0 Å². The molecular formula is C15H15N3O2S. The molecule has 0 aliphatic rings. The summed E-state index contributed by atoms with van der Waals surface area (Å²) in [5, 5.41) is 8.78. The first-order valence-corrected chi connectivity index (χ1v) is 7.79. The molecule has 0 saturated carbocycles. The Morgan fingerprint density at radius 1 is 1.19 bits per heavy atom. The summed E-state index contributed by atoms with van der Waals surface area (Å²) in [5.41, 5.74) is 6.96. The van der Waals surface area contributed by atoms with Gasteiger partial charge in [-0.05, 0) is 30.7 Å². The average molecular weight is 301 g/mol. The number of nitrogens with zero attached hydrogens (tertiary/aromatic N) is 1. The van der Waals surface area contributed by atoms with E-state index in [0.717, 1.165) is 5.56 Å². The molecule has 3 N–H and O–H groups in total. The van der Waals surface area contributed by atoms with Crippen LogP contribution in [0.1, 0.15) is 24.1 Å². The first kappa shape index (κ1) is 15.0. The van der Waals surface area contributed by atoms with Crippen LogP contribution in [0.15, 0.2) is 53.4 Å². The Morgan fingerprint density at radius 2 is 1.86 bits per heavy atom. The Kier molecular flexibility index (Phi) is 4.26. The highest BCUT2D eigenvalue weighted by Crippen LogP contribution is 2.22. The van der Waals surface area contributed by atoms with Gasteiger partial charge in [0.1, 0.15) is 4.90 Å². The monoisotopic (exact) mass is 301 g/mol. The Hall–Kier alpha value is -2.36. The summed E-state index contributed by atoms with van der Waals surface area (Å²) in [7, 11) is -3.75. The van der Waals surface area contributed by atoms with Gasteiger partial charge in [-0.3, -0.25) is 0 Å². The Labute approximate surface area is 124 Å². The SMILES string of the molecule is C[C@H](NS(=O)(=O)c1ccc(C#N)cc1N)c1ccccc1. The van der Waals surface area contributed by atoms with Crippen molar-refractivity contribution in [1.29, 1.82) is 5.26 Å². The molecule has 0 aromatic heterocycles. The molecule has 2 aromatic rings. The molecule has 108 valence electrons. The molecule has 2 aromatic carbocycles. The van der Waals surface area contributed by atoms with Crippen molar-refractivity contribution in [1.82, 2.24) is 4.72 Å². The maximum atomic E-state index is 12.4. The zero-order valence-corrected chi connectivity index (χ0v) is 12.3. The number of nitrogens with one attached hydrogen (secondary N) is 1. The van der Waals surface area contributed by atoms with Crippen LogP contribution >= 0.6 is 0 Å². The van der Waals surface area contributed by atoms with Crippen molar-refractivity contribution < 1.29 is 8.42 Å². The van der Waals surface area contributed by atoms with Gasteiger partial charge < -0.3 is 5.73 Å². The Morgan fingerprint density at radius 3 is 2.43 bits per heavy atom. The van der Waals surface area contributed by atoms with E-state index in [2.05, 4.69) is 4.72 Å². The van der Waals surface area contributed by atoms with E-state index >= 15 is 0 Å². The zero-order chi connectivity index (χ0) is 15.5. The van der Waals surface area contributed by atoms with Crippen molar-refractivity contribution >= 4 is 15.7 Å². The van der Waals surface area contributed by atoms with Gasteiger partial charge in [0.05, 0.1) is 17.3 Å². The molecule has 0 bridgehead atoms. The van der Waals surface area contributed by atoms with E-state index in [9.17, 15) is 8.42 Å². The van der Waals surface area contributed by atoms with Gasteiger partial charge >= 0.3 is 0 Å². The number of rotatable bonds is 4. The van der Waals surface area contributed by atoms with Crippen LogP contribution in [-0.2, 0) is 10.0 Å². The largest absolute Gasteiger partial charge is 0.398 e. The van der Waals surface area contributed by atoms with Gasteiger partial charge in [-0.1, -0.05) is 30.3 Å². The van der Waals surface area contributed by atoms with Crippen LogP contribution in [0.25, 0.3) is 0 Å². The number of sulfonamides is 1. The topological polar surface area (TPSA) is 96.0 Å². The number of nitrogens with two attached hydrogens (primary N) is 1. The number of anilines is 1. The van der Waals surface area contributed by atoms with Crippen LogP contribution in [0.2, 0.25) is 0 Å². The minimum Gasteiger partial charge on any atom is -0.398 e. The molecule has 0 radical (unpaired) electrons. The molecule has 0 spiro atoms. The fourth-order valence-corrected chi connectivity index (χ4v) is 3.31. The summed E-state index contributed by atoms with van der Waals surface area (Å²) in [6.45, 7) is 1.76. The summed E-state index contributed by atoms with van der Waals surface area (Å²) in [6, 6.07) is 14.9. The zero-order valence-electron chi connectivity index (χ0n) is 11.4. The smallest absolute Gasteiger partial charge is 0.243 e. The van der Waals surface area contributed by atoms with Crippen molar-refractivity contribution in [2.24, 2.45) is 0 Å². The summed E-state index contributed by atoms with van der Waals surface area (Å²) in [5.74, 6) is 0. The molecule has 6 heteroatoms. The van der Waals surface area contributed by atoms with Crippen molar-refractivity contribution in [2.45, 2.75) is 17.9 Å². The summed E-state index contributed by atoms with van der Waals surface area (Å²) in [4.78, 5) is -0.0238. The van der Waals surface area contributed by atoms with Crippen molar-refractivity contribution in [2.75, 3.05) is 5.73 Å². The number of hydrogen-bond donors (Lipinski definition) is 2. The van der Waals surface area contributed by atoms with Crippen LogP contribution in [0.5, 0.6) is 0 Å². The molecular weight excluding hydrogens is 286 g/mol. The molecule has 0 heterocycles. The first-order valence-electron chi connectivity index (χ1n) is 6.31. The average Bonchev–Trinajstić information content (AvgIpc) is 2.47. The normalized spacial score (nSPS) is 12.6. The van der Waals surface area contributed by atoms with Crippen LogP contribution in [-0.4, -0.2) is 8.42 Å². The lowest BCUT2D eigenvalue weighted by molar-refractivity contribution is 0.567. The van der Waals surface area contributed by atoms with E-state index in [1.807, 2.05) is 36.4 Å². The fourth-order valence-electron chi connectivity index (χ4n) is 1.97. The predicted octanol–water partition coefficient (Wildman–Crippen LogP) is 2.18. The lowest BCUT2D eigenvalue weighted by Gasteiger charge is -2.15. The second kappa shape index (κ2) is 5.95. The second-order valence-electron chi connectivity index (χ2n) is 4.62. The van der Waals surface area contributed by atoms with Gasteiger partial charge in [0.15, 0.2) is 0 Å². The Balaban J connectivity index is 2.29. The van der Waals surface area contributed by atoms with Gasteiger partial charge in [0, 0.05) is 6.04 Å². The van der Waals surface area contributed by atoms with E-state index in [-0.39, 0.29) is 16.6 Å². The van der Waals surface area contributed by atoms with Crippen LogP contribution in [0.4, 0.5) is 5.69 Å². The van der Waals surface area contributed by atoms with Crippen molar-refractivity contribution in [3.63, 3.8) is 0 Å². The molecule has 1 atom stereocenters. The quantitative estimate of drug-likeness (QED) is 0.846. The number of nitriles is 1. The summed E-state index contributed by atoms with van der Waals surface area (Å²) in [6.07, 6.45) is 0. The maximum Gasteiger partial charge on any atom is 0.243 e. The molecule has 0 aliphatic carbocycles. The number of hydrogen-bond acceptors (Lipinski definition) is 4. The van der Waals surface area contributed by atoms with Crippen molar-refractivity contribution in [3.8, 4) is 6.07 Å². The highest BCUT2D eigenvalue weighted by Gasteiger charge is 2.20. The molecule has 0 amide bonds. The fraction of sp³-hybridized carbons (Fsp3) is 0.133. The minimum atomic E-state index is -3.75. The molecule has 2 rings (SSSR count). The first-order chi connectivity index (χ1) is 9.94. The van der Waals surface area contributed by atoms with E-state index in [0.29, 0.717) is 5.56 Å². The van der Waals surface area contributed by atoms with Crippen LogP contribution < -0.4 is 10.5 Å². The third kappa shape index (κ3) is 3.40. The van der Waals surface area contributed by atoms with E-state index in [4.69, 9.17) is 11.0 Å². The standard InChI is InChI=1S/C15H15N3O2S/c1-11(13-5-3-2-4-6-13)18-21(19,20)15-8-7-12(10-16)9-14(15)17/h2-9,11,18H,17H2,1H3/t11-/m0/s1.